The van der Waals surface area contributed by atoms with E-state index in [4.69, 9.17) is 9.15 Å². The van der Waals surface area contributed by atoms with E-state index in [-0.39, 0.29) is 5.91 Å². The molecule has 1 aromatic heterocycles. The first kappa shape index (κ1) is 13.0. The van der Waals surface area contributed by atoms with Gasteiger partial charge in [0.1, 0.15) is 5.52 Å². The number of benzene rings is 1. The summed E-state index contributed by atoms with van der Waals surface area (Å²) in [6, 6.07) is 4.11. The van der Waals surface area contributed by atoms with Crippen LogP contribution in [0.15, 0.2) is 16.5 Å². The number of nitrogens with one attached hydrogen (secondary N) is 1. The van der Waals surface area contributed by atoms with Crippen LogP contribution in [0, 0.1) is 0 Å². The van der Waals surface area contributed by atoms with Gasteiger partial charge in [0.05, 0.1) is 7.11 Å². The van der Waals surface area contributed by atoms with Crippen molar-refractivity contribution in [1.82, 2.24) is 10.3 Å². The Bertz CT molecular complexity index is 648. The molecule has 5 nitrogen and oxygen atoms in total. The fourth-order valence-electron chi connectivity index (χ4n) is 2.97. The van der Waals surface area contributed by atoms with E-state index in [2.05, 4.69) is 16.4 Å². The van der Waals surface area contributed by atoms with Gasteiger partial charge >= 0.3 is 6.08 Å². The Morgan fingerprint density at radius 3 is 3.15 bits per heavy atom. The number of hydrogen-bond acceptors (Lipinski definition) is 4. The molecule has 1 aromatic carbocycles. The Morgan fingerprint density at radius 2 is 2.40 bits per heavy atom. The Balaban J connectivity index is 1.90. The second-order valence-corrected chi connectivity index (χ2v) is 5.18. The molecule has 0 saturated heterocycles. The van der Waals surface area contributed by atoms with E-state index >= 15 is 0 Å². The fraction of sp³-hybridized carbons (Fsp3) is 0.467. The van der Waals surface area contributed by atoms with Gasteiger partial charge < -0.3 is 14.5 Å². The smallest absolute Gasteiger partial charge is 0.394 e. The van der Waals surface area contributed by atoms with Gasteiger partial charge in [0.25, 0.3) is 0 Å². The van der Waals surface area contributed by atoms with Crippen molar-refractivity contribution >= 4 is 17.0 Å². The highest BCUT2D eigenvalue weighted by molar-refractivity contribution is 5.79. The van der Waals surface area contributed by atoms with E-state index in [0.29, 0.717) is 18.5 Å². The number of ether oxygens (including phenoxy) is 1. The van der Waals surface area contributed by atoms with Crippen LogP contribution in [0.5, 0.6) is 6.08 Å². The van der Waals surface area contributed by atoms with Crippen LogP contribution in [0.25, 0.3) is 11.1 Å². The van der Waals surface area contributed by atoms with Crippen molar-refractivity contribution < 1.29 is 13.9 Å². The number of carbonyl (C=O) groups is 1. The molecule has 3 rings (SSSR count). The molecule has 1 aliphatic carbocycles. The third-order valence-corrected chi connectivity index (χ3v) is 3.88. The van der Waals surface area contributed by atoms with Crippen molar-refractivity contribution in [3.05, 3.63) is 23.3 Å². The lowest BCUT2D eigenvalue weighted by molar-refractivity contribution is -0.118. The summed E-state index contributed by atoms with van der Waals surface area (Å²) in [4.78, 5) is 15.3. The van der Waals surface area contributed by atoms with Gasteiger partial charge in [-0.15, -0.1) is 0 Å². The molecule has 106 valence electrons. The first-order chi connectivity index (χ1) is 9.69. The van der Waals surface area contributed by atoms with Crippen molar-refractivity contribution in [1.29, 1.82) is 0 Å². The van der Waals surface area contributed by atoms with Crippen LogP contribution in [-0.4, -0.2) is 24.5 Å². The summed E-state index contributed by atoms with van der Waals surface area (Å²) in [7, 11) is 1.55. The van der Waals surface area contributed by atoms with Gasteiger partial charge in [-0.1, -0.05) is 6.07 Å². The first-order valence-electron chi connectivity index (χ1n) is 6.89. The number of aryl methyl sites for hydroxylation is 1. The molecular formula is C15H18N2O3. The molecule has 1 heterocycles. The van der Waals surface area contributed by atoms with Crippen LogP contribution in [0.3, 0.4) is 0 Å². The highest BCUT2D eigenvalue weighted by atomic mass is 16.6. The summed E-state index contributed by atoms with van der Waals surface area (Å²) < 4.78 is 10.8. The molecule has 2 aromatic rings. The summed E-state index contributed by atoms with van der Waals surface area (Å²) in [5, 5.41) is 2.86. The molecule has 5 heteroatoms. The molecule has 0 aliphatic heterocycles. The highest BCUT2D eigenvalue weighted by Gasteiger charge is 2.27. The highest BCUT2D eigenvalue weighted by Crippen LogP contribution is 2.41. The predicted octanol–water partition coefficient (Wildman–Crippen LogP) is 2.39. The minimum atomic E-state index is 0.0164. The monoisotopic (exact) mass is 274 g/mol. The Morgan fingerprint density at radius 1 is 1.55 bits per heavy atom. The van der Waals surface area contributed by atoms with E-state index in [1.54, 1.807) is 14.0 Å². The van der Waals surface area contributed by atoms with Gasteiger partial charge in [-0.25, -0.2) is 0 Å². The van der Waals surface area contributed by atoms with E-state index in [1.807, 2.05) is 6.07 Å². The topological polar surface area (TPSA) is 64.4 Å². The van der Waals surface area contributed by atoms with Crippen molar-refractivity contribution in [2.45, 2.75) is 32.1 Å². The molecule has 0 unspecified atom stereocenters. The van der Waals surface area contributed by atoms with Gasteiger partial charge in [-0.3, -0.25) is 4.79 Å². The zero-order valence-corrected chi connectivity index (χ0v) is 11.7. The summed E-state index contributed by atoms with van der Waals surface area (Å²) in [5.74, 6) is 0.431. The zero-order chi connectivity index (χ0) is 14.1. The molecule has 0 radical (unpaired) electrons. The number of hydrogen-bond donors (Lipinski definition) is 1. The van der Waals surface area contributed by atoms with E-state index in [1.165, 1.54) is 11.1 Å². The molecule has 1 N–H and O–H groups in total. The van der Waals surface area contributed by atoms with Gasteiger partial charge in [0, 0.05) is 19.0 Å². The number of carbonyl (C=O) groups excluding carboxylic acids is 1. The number of nitrogens with zero attached hydrogens (tertiary/aromatic N) is 1. The van der Waals surface area contributed by atoms with Crippen LogP contribution in [0.1, 0.15) is 36.8 Å². The van der Waals surface area contributed by atoms with Gasteiger partial charge in [-0.05, 0) is 36.8 Å². The first-order valence-corrected chi connectivity index (χ1v) is 6.89. The second kappa shape index (κ2) is 5.15. The van der Waals surface area contributed by atoms with Crippen molar-refractivity contribution in [3.63, 3.8) is 0 Å². The van der Waals surface area contributed by atoms with Gasteiger partial charge in [0.2, 0.25) is 5.91 Å². The van der Waals surface area contributed by atoms with Gasteiger partial charge in [0.15, 0.2) is 5.58 Å². The normalized spacial score (nSPS) is 17.2. The van der Waals surface area contributed by atoms with Gasteiger partial charge in [-0.2, -0.15) is 4.98 Å². The number of methoxy groups -OCH3 is 1. The summed E-state index contributed by atoms with van der Waals surface area (Å²) in [5.41, 5.74) is 4.24. The third-order valence-electron chi connectivity index (χ3n) is 3.88. The van der Waals surface area contributed by atoms with Crippen LogP contribution in [0.4, 0.5) is 0 Å². The van der Waals surface area contributed by atoms with Crippen LogP contribution in [0.2, 0.25) is 0 Å². The summed E-state index contributed by atoms with van der Waals surface area (Å²) >= 11 is 0. The lowest BCUT2D eigenvalue weighted by atomic mass is 9.97. The van der Waals surface area contributed by atoms with Crippen LogP contribution >= 0.6 is 0 Å². The van der Waals surface area contributed by atoms with Crippen molar-refractivity contribution in [2.24, 2.45) is 0 Å². The Labute approximate surface area is 117 Å². The maximum Gasteiger partial charge on any atom is 0.394 e. The van der Waals surface area contributed by atoms with Crippen LogP contribution in [-0.2, 0) is 11.2 Å². The molecule has 1 amide bonds. The fourth-order valence-corrected chi connectivity index (χ4v) is 2.97. The maximum absolute atomic E-state index is 11.0. The Kier molecular flexibility index (Phi) is 3.34. The molecule has 0 bridgehead atoms. The van der Waals surface area contributed by atoms with E-state index in [9.17, 15) is 4.79 Å². The molecule has 0 saturated carbocycles. The van der Waals surface area contributed by atoms with Crippen molar-refractivity contribution in [2.75, 3.05) is 13.7 Å². The van der Waals surface area contributed by atoms with Crippen molar-refractivity contribution in [3.8, 4) is 6.08 Å². The SMILES string of the molecule is COc1nc2ccc3c(c2o1)[C@@H](CCNC(C)=O)CC3. The average Bonchev–Trinajstić information content (AvgIpc) is 3.00. The molecule has 20 heavy (non-hydrogen) atoms. The Hall–Kier alpha value is -2.04. The molecule has 0 spiro atoms. The lowest BCUT2D eigenvalue weighted by Gasteiger charge is -2.11. The quantitative estimate of drug-likeness (QED) is 0.929. The third kappa shape index (κ3) is 2.24. The lowest BCUT2D eigenvalue weighted by Crippen LogP contribution is -2.22. The molecular weight excluding hydrogens is 256 g/mol. The zero-order valence-electron chi connectivity index (χ0n) is 11.7. The average molecular weight is 274 g/mol. The summed E-state index contributed by atoms with van der Waals surface area (Å²) in [6.07, 6.45) is 3.38. The minimum absolute atomic E-state index is 0.0164. The number of oxazole rings is 1. The number of aromatic nitrogens is 1. The minimum Gasteiger partial charge on any atom is -0.453 e. The molecule has 0 fully saturated rings. The summed E-state index contributed by atoms with van der Waals surface area (Å²) in [6.45, 7) is 2.24. The molecule has 1 aliphatic rings. The predicted molar refractivity (Wildman–Crippen MR) is 74.9 cm³/mol. The maximum atomic E-state index is 11.0. The largest absolute Gasteiger partial charge is 0.453 e. The van der Waals surface area contributed by atoms with Crippen LogP contribution < -0.4 is 10.1 Å². The second-order valence-electron chi connectivity index (χ2n) is 5.18. The van der Waals surface area contributed by atoms with E-state index < -0.39 is 0 Å². The standard InChI is InChI=1S/C15H18N2O3/c1-9(18)16-8-7-11-4-3-10-5-6-12-14(13(10)11)20-15(17-12)19-2/h5-6,11H,3-4,7-8H2,1-2H3,(H,16,18)/t11-/m1/s1. The number of amides is 1. The number of fused-ring (bicyclic) bond motifs is 3. The molecule has 1 atom stereocenters. The number of rotatable bonds is 4. The van der Waals surface area contributed by atoms with E-state index in [0.717, 1.165) is 30.4 Å².